The molecule has 1 aliphatic rings. The Hall–Kier alpha value is -2.08. The Morgan fingerprint density at radius 2 is 1.95 bits per heavy atom. The predicted octanol–water partition coefficient (Wildman–Crippen LogP) is 3.72. The first-order valence-corrected chi connectivity index (χ1v) is 8.60. The topological polar surface area (TPSA) is 73.6 Å². The van der Waals surface area contributed by atoms with Gasteiger partial charge in [0.2, 0.25) is 0 Å². The molecule has 1 aromatic carbocycles. The van der Waals surface area contributed by atoms with E-state index in [9.17, 15) is 4.79 Å². The fourth-order valence-electron chi connectivity index (χ4n) is 3.09. The predicted molar refractivity (Wildman–Crippen MR) is 90.5 cm³/mol. The fourth-order valence-corrected chi connectivity index (χ4v) is 3.88. The van der Waals surface area contributed by atoms with Crippen molar-refractivity contribution in [2.75, 3.05) is 5.32 Å². The summed E-state index contributed by atoms with van der Waals surface area (Å²) < 4.78 is 0. The monoisotopic (exact) mass is 314 g/mol. The van der Waals surface area contributed by atoms with Gasteiger partial charge in [-0.2, -0.15) is 0 Å². The van der Waals surface area contributed by atoms with Crippen LogP contribution in [0.4, 0.5) is 5.13 Å². The van der Waals surface area contributed by atoms with Crippen molar-refractivity contribution < 1.29 is 0 Å². The summed E-state index contributed by atoms with van der Waals surface area (Å²) in [5, 5.41) is 6.61. The van der Waals surface area contributed by atoms with Crippen molar-refractivity contribution in [3.05, 3.63) is 34.1 Å². The molecule has 1 aliphatic carbocycles. The molecule has 3 aromatic rings. The van der Waals surface area contributed by atoms with E-state index < -0.39 is 0 Å². The number of imidazole rings is 1. The zero-order valence-electron chi connectivity index (χ0n) is 12.2. The third kappa shape index (κ3) is 2.66. The van der Waals surface area contributed by atoms with E-state index in [1.54, 1.807) is 11.3 Å². The minimum Gasteiger partial charge on any atom is -0.359 e. The number of nitrogens with zero attached hydrogens (tertiary/aromatic N) is 1. The van der Waals surface area contributed by atoms with Gasteiger partial charge in [-0.1, -0.05) is 25.3 Å². The van der Waals surface area contributed by atoms with Crippen LogP contribution in [0.2, 0.25) is 0 Å². The van der Waals surface area contributed by atoms with Crippen LogP contribution < -0.4 is 11.0 Å². The van der Waals surface area contributed by atoms with Gasteiger partial charge in [0, 0.05) is 17.0 Å². The summed E-state index contributed by atoms with van der Waals surface area (Å²) in [5.41, 5.74) is 3.44. The highest BCUT2D eigenvalue weighted by molar-refractivity contribution is 7.14. The lowest BCUT2D eigenvalue weighted by Gasteiger charge is -2.22. The van der Waals surface area contributed by atoms with Crippen LogP contribution >= 0.6 is 11.3 Å². The van der Waals surface area contributed by atoms with Crippen LogP contribution in [0.3, 0.4) is 0 Å². The normalized spacial score (nSPS) is 16.2. The first kappa shape index (κ1) is 13.6. The van der Waals surface area contributed by atoms with Crippen molar-refractivity contribution in [3.63, 3.8) is 0 Å². The second-order valence-electron chi connectivity index (χ2n) is 5.86. The number of benzene rings is 1. The number of H-pyrrole nitrogens is 2. The van der Waals surface area contributed by atoms with Crippen molar-refractivity contribution in [2.24, 2.45) is 0 Å². The molecule has 2 heterocycles. The second-order valence-corrected chi connectivity index (χ2v) is 6.71. The molecular formula is C16H18N4OS. The summed E-state index contributed by atoms with van der Waals surface area (Å²) in [6.45, 7) is 0. The van der Waals surface area contributed by atoms with Crippen LogP contribution in [0.1, 0.15) is 32.1 Å². The van der Waals surface area contributed by atoms with Gasteiger partial charge in [-0.3, -0.25) is 0 Å². The minimum atomic E-state index is -0.176. The van der Waals surface area contributed by atoms with E-state index in [1.165, 1.54) is 32.1 Å². The van der Waals surface area contributed by atoms with Crippen molar-refractivity contribution in [3.8, 4) is 11.3 Å². The highest BCUT2D eigenvalue weighted by Crippen LogP contribution is 2.28. The molecule has 5 nitrogen and oxygen atoms in total. The maximum Gasteiger partial charge on any atom is 0.323 e. The van der Waals surface area contributed by atoms with E-state index in [2.05, 4.69) is 20.7 Å². The Balaban J connectivity index is 1.57. The second kappa shape index (κ2) is 5.61. The molecule has 1 fully saturated rings. The summed E-state index contributed by atoms with van der Waals surface area (Å²) in [4.78, 5) is 21.6. The Morgan fingerprint density at radius 3 is 2.82 bits per heavy atom. The van der Waals surface area contributed by atoms with E-state index in [-0.39, 0.29) is 5.69 Å². The summed E-state index contributed by atoms with van der Waals surface area (Å²) in [7, 11) is 0. The average molecular weight is 314 g/mol. The number of aromatic nitrogens is 3. The lowest BCUT2D eigenvalue weighted by molar-refractivity contribution is 0.462. The molecule has 2 aromatic heterocycles. The molecule has 0 bridgehead atoms. The van der Waals surface area contributed by atoms with E-state index in [0.29, 0.717) is 6.04 Å². The van der Waals surface area contributed by atoms with Gasteiger partial charge in [0.05, 0.1) is 16.7 Å². The number of nitrogens with one attached hydrogen (secondary N) is 3. The SMILES string of the molecule is O=c1[nH]c2ccc(-c3csc(NC4CCCCC4)n3)cc2[nH]1. The first-order chi connectivity index (χ1) is 10.8. The molecule has 0 saturated heterocycles. The van der Waals surface area contributed by atoms with Gasteiger partial charge in [0.25, 0.3) is 0 Å². The third-order valence-corrected chi connectivity index (χ3v) is 5.02. The van der Waals surface area contributed by atoms with Crippen LogP contribution in [-0.4, -0.2) is 21.0 Å². The zero-order valence-corrected chi connectivity index (χ0v) is 13.0. The standard InChI is InChI=1S/C16H18N4OS/c21-15-18-12-7-6-10(8-13(12)19-15)14-9-22-16(20-14)17-11-4-2-1-3-5-11/h6-9,11H,1-5H2,(H,17,20)(H2,18,19,21). The van der Waals surface area contributed by atoms with Crippen LogP contribution in [-0.2, 0) is 0 Å². The molecule has 6 heteroatoms. The molecule has 0 amide bonds. The van der Waals surface area contributed by atoms with Gasteiger partial charge >= 0.3 is 5.69 Å². The molecule has 0 radical (unpaired) electrons. The van der Waals surface area contributed by atoms with Crippen LogP contribution in [0.15, 0.2) is 28.4 Å². The number of rotatable bonds is 3. The molecule has 3 N–H and O–H groups in total. The maximum absolute atomic E-state index is 11.3. The van der Waals surface area contributed by atoms with Crippen molar-refractivity contribution in [2.45, 2.75) is 38.1 Å². The average Bonchev–Trinajstić information content (AvgIpc) is 3.13. The van der Waals surface area contributed by atoms with E-state index in [1.807, 2.05) is 18.2 Å². The first-order valence-electron chi connectivity index (χ1n) is 7.72. The zero-order chi connectivity index (χ0) is 14.9. The minimum absolute atomic E-state index is 0.176. The molecule has 22 heavy (non-hydrogen) atoms. The molecule has 0 atom stereocenters. The Bertz CT molecular complexity index is 841. The quantitative estimate of drug-likeness (QED) is 0.689. The van der Waals surface area contributed by atoms with Crippen LogP contribution in [0.25, 0.3) is 22.3 Å². The molecule has 4 rings (SSSR count). The molecule has 1 saturated carbocycles. The largest absolute Gasteiger partial charge is 0.359 e. The number of hydrogen-bond donors (Lipinski definition) is 3. The van der Waals surface area contributed by atoms with Crippen LogP contribution in [0, 0.1) is 0 Å². The fraction of sp³-hybridized carbons (Fsp3) is 0.375. The summed E-state index contributed by atoms with van der Waals surface area (Å²) >= 11 is 1.65. The highest BCUT2D eigenvalue weighted by Gasteiger charge is 2.15. The van der Waals surface area contributed by atoms with Crippen molar-refractivity contribution in [1.29, 1.82) is 0 Å². The number of hydrogen-bond acceptors (Lipinski definition) is 4. The van der Waals surface area contributed by atoms with E-state index in [4.69, 9.17) is 4.98 Å². The molecule has 0 aliphatic heterocycles. The van der Waals surface area contributed by atoms with Gasteiger partial charge in [-0.15, -0.1) is 11.3 Å². The van der Waals surface area contributed by atoms with E-state index in [0.717, 1.165) is 27.4 Å². The number of anilines is 1. The van der Waals surface area contributed by atoms with Gasteiger partial charge < -0.3 is 15.3 Å². The van der Waals surface area contributed by atoms with Gasteiger partial charge in [0.1, 0.15) is 0 Å². The Labute approximate surface area is 131 Å². The lowest BCUT2D eigenvalue weighted by atomic mass is 9.96. The molecule has 0 spiro atoms. The summed E-state index contributed by atoms with van der Waals surface area (Å²) in [6.07, 6.45) is 6.47. The smallest absolute Gasteiger partial charge is 0.323 e. The molecule has 0 unspecified atom stereocenters. The Morgan fingerprint density at radius 1 is 1.14 bits per heavy atom. The summed E-state index contributed by atoms with van der Waals surface area (Å²) in [6, 6.07) is 6.44. The van der Waals surface area contributed by atoms with Crippen LogP contribution in [0.5, 0.6) is 0 Å². The summed E-state index contributed by atoms with van der Waals surface area (Å²) in [5.74, 6) is 0. The maximum atomic E-state index is 11.3. The van der Waals surface area contributed by atoms with Crippen molar-refractivity contribution in [1.82, 2.24) is 15.0 Å². The van der Waals surface area contributed by atoms with Gasteiger partial charge in [-0.25, -0.2) is 9.78 Å². The van der Waals surface area contributed by atoms with Crippen molar-refractivity contribution >= 4 is 27.5 Å². The third-order valence-electron chi connectivity index (χ3n) is 4.25. The Kier molecular flexibility index (Phi) is 3.46. The molecule has 114 valence electrons. The number of aromatic amines is 2. The van der Waals surface area contributed by atoms with Gasteiger partial charge in [0.15, 0.2) is 5.13 Å². The van der Waals surface area contributed by atoms with E-state index >= 15 is 0 Å². The highest BCUT2D eigenvalue weighted by atomic mass is 32.1. The van der Waals surface area contributed by atoms with Gasteiger partial charge in [-0.05, 0) is 25.0 Å². The molecular weight excluding hydrogens is 296 g/mol. The number of thiazole rings is 1. The lowest BCUT2D eigenvalue weighted by Crippen LogP contribution is -2.21. The number of fused-ring (bicyclic) bond motifs is 1.